The lowest BCUT2D eigenvalue weighted by atomic mass is 10.2. The number of carbonyl (C=O) groups excluding carboxylic acids is 1. The highest BCUT2D eigenvalue weighted by molar-refractivity contribution is 6.32. The van der Waals surface area contributed by atoms with E-state index in [2.05, 4.69) is 0 Å². The molecule has 0 atom stereocenters. The molecule has 2 aromatic rings. The van der Waals surface area contributed by atoms with Crippen LogP contribution in [-0.4, -0.2) is 12.9 Å². The monoisotopic (exact) mass is 290 g/mol. The van der Waals surface area contributed by atoms with E-state index in [1.807, 2.05) is 31.2 Å². The summed E-state index contributed by atoms with van der Waals surface area (Å²) in [6, 6.07) is 12.3. The number of carbonyl (C=O) groups is 1. The van der Waals surface area contributed by atoms with Crippen LogP contribution in [0, 0.1) is 0 Å². The Morgan fingerprint density at radius 1 is 1.10 bits per heavy atom. The second-order valence-corrected chi connectivity index (χ2v) is 4.61. The van der Waals surface area contributed by atoms with E-state index in [0.29, 0.717) is 34.4 Å². The molecule has 0 N–H and O–H groups in total. The number of hydrogen-bond donors (Lipinski definition) is 0. The number of ether oxygens (including phenoxy) is 2. The fourth-order valence-corrected chi connectivity index (χ4v) is 1.88. The molecule has 0 spiro atoms. The summed E-state index contributed by atoms with van der Waals surface area (Å²) in [5, 5.41) is 0.389. The van der Waals surface area contributed by atoms with Gasteiger partial charge in [0.2, 0.25) is 0 Å². The van der Waals surface area contributed by atoms with Gasteiger partial charge in [0.15, 0.2) is 11.5 Å². The molecular formula is C16H15ClO3. The first-order chi connectivity index (χ1) is 9.74. The lowest BCUT2D eigenvalue weighted by Gasteiger charge is -2.12. The van der Waals surface area contributed by atoms with E-state index in [0.717, 1.165) is 12.7 Å². The first kappa shape index (κ1) is 14.4. The summed E-state index contributed by atoms with van der Waals surface area (Å²) in [4.78, 5) is 10.7. The molecule has 0 aliphatic rings. The fraction of sp³-hybridized carbons (Fsp3) is 0.188. The van der Waals surface area contributed by atoms with Gasteiger partial charge in [-0.05, 0) is 36.8 Å². The maximum Gasteiger partial charge on any atom is 0.169 e. The minimum Gasteiger partial charge on any atom is -0.490 e. The van der Waals surface area contributed by atoms with Gasteiger partial charge in [-0.2, -0.15) is 0 Å². The Hall–Kier alpha value is -2.00. The Morgan fingerprint density at radius 2 is 1.85 bits per heavy atom. The van der Waals surface area contributed by atoms with Gasteiger partial charge in [-0.25, -0.2) is 0 Å². The van der Waals surface area contributed by atoms with E-state index in [4.69, 9.17) is 21.1 Å². The summed E-state index contributed by atoms with van der Waals surface area (Å²) in [6.07, 6.45) is 1.66. The van der Waals surface area contributed by atoms with Crippen molar-refractivity contribution in [1.29, 1.82) is 0 Å². The zero-order chi connectivity index (χ0) is 14.4. The fourth-order valence-electron chi connectivity index (χ4n) is 1.66. The van der Waals surface area contributed by atoms with Gasteiger partial charge in [0.1, 0.15) is 12.0 Å². The topological polar surface area (TPSA) is 35.5 Å². The molecule has 0 saturated heterocycles. The Bertz CT molecular complexity index is 596. The predicted octanol–water partition coefficient (Wildman–Crippen LogP) is 4.73. The normalized spacial score (nSPS) is 10.1. The molecule has 0 radical (unpaired) electrons. The van der Waals surface area contributed by atoms with Gasteiger partial charge in [0, 0.05) is 5.56 Å². The zero-order valence-corrected chi connectivity index (χ0v) is 11.9. The van der Waals surface area contributed by atoms with Crippen LogP contribution in [0.15, 0.2) is 42.5 Å². The Labute approximate surface area is 123 Å². The number of benzene rings is 2. The summed E-state index contributed by atoms with van der Waals surface area (Å²) in [5.74, 6) is 1.76. The van der Waals surface area contributed by atoms with Gasteiger partial charge in [0.05, 0.1) is 11.6 Å². The van der Waals surface area contributed by atoms with E-state index >= 15 is 0 Å². The number of rotatable bonds is 6. The third kappa shape index (κ3) is 3.52. The molecule has 0 aliphatic heterocycles. The van der Waals surface area contributed by atoms with Crippen LogP contribution in [-0.2, 0) is 0 Å². The zero-order valence-electron chi connectivity index (χ0n) is 11.1. The molecule has 0 heterocycles. The van der Waals surface area contributed by atoms with Crippen LogP contribution in [0.5, 0.6) is 17.2 Å². The number of halogens is 1. The van der Waals surface area contributed by atoms with Crippen LogP contribution >= 0.6 is 11.6 Å². The summed E-state index contributed by atoms with van der Waals surface area (Å²) < 4.78 is 11.4. The van der Waals surface area contributed by atoms with Gasteiger partial charge in [0.25, 0.3) is 0 Å². The molecule has 0 unspecified atom stereocenters. The molecule has 0 fully saturated rings. The van der Waals surface area contributed by atoms with Crippen molar-refractivity contribution in [2.75, 3.05) is 6.61 Å². The Kier molecular flexibility index (Phi) is 5.02. The van der Waals surface area contributed by atoms with E-state index in [1.165, 1.54) is 0 Å². The molecule has 4 heteroatoms. The van der Waals surface area contributed by atoms with E-state index in [9.17, 15) is 4.79 Å². The van der Waals surface area contributed by atoms with Gasteiger partial charge < -0.3 is 9.47 Å². The van der Waals surface area contributed by atoms with Crippen LogP contribution in [0.3, 0.4) is 0 Å². The van der Waals surface area contributed by atoms with Crippen molar-refractivity contribution in [3.05, 3.63) is 53.1 Å². The van der Waals surface area contributed by atoms with Crippen LogP contribution in [0.2, 0.25) is 5.02 Å². The SMILES string of the molecule is CCCOc1ccccc1Oc1ccc(C=O)cc1Cl. The van der Waals surface area contributed by atoms with Gasteiger partial charge in [-0.3, -0.25) is 4.79 Å². The molecule has 0 aromatic heterocycles. The third-order valence-electron chi connectivity index (χ3n) is 2.62. The third-order valence-corrected chi connectivity index (χ3v) is 2.92. The maximum atomic E-state index is 10.7. The lowest BCUT2D eigenvalue weighted by Crippen LogP contribution is -1.97. The number of aldehydes is 1. The molecule has 104 valence electrons. The maximum absolute atomic E-state index is 10.7. The van der Waals surface area contributed by atoms with Gasteiger partial charge in [-0.15, -0.1) is 0 Å². The van der Waals surface area contributed by atoms with Gasteiger partial charge in [-0.1, -0.05) is 30.7 Å². The first-order valence-corrected chi connectivity index (χ1v) is 6.76. The second kappa shape index (κ2) is 6.96. The van der Waals surface area contributed by atoms with Crippen molar-refractivity contribution in [3.8, 4) is 17.2 Å². The highest BCUT2D eigenvalue weighted by Crippen LogP contribution is 2.35. The van der Waals surface area contributed by atoms with Crippen LogP contribution in [0.1, 0.15) is 23.7 Å². The highest BCUT2D eigenvalue weighted by atomic mass is 35.5. The highest BCUT2D eigenvalue weighted by Gasteiger charge is 2.08. The summed E-state index contributed by atoms with van der Waals surface area (Å²) in [5.41, 5.74) is 0.512. The standard InChI is InChI=1S/C16H15ClO3/c1-2-9-19-15-5-3-4-6-16(15)20-14-8-7-12(11-18)10-13(14)17/h3-8,10-11H,2,9H2,1H3. The van der Waals surface area contributed by atoms with Crippen LogP contribution < -0.4 is 9.47 Å². The van der Waals surface area contributed by atoms with Crippen molar-refractivity contribution in [2.24, 2.45) is 0 Å². The number of hydrogen-bond acceptors (Lipinski definition) is 3. The molecular weight excluding hydrogens is 276 g/mol. The number of para-hydroxylation sites is 2. The Balaban J connectivity index is 2.23. The molecule has 2 aromatic carbocycles. The molecule has 20 heavy (non-hydrogen) atoms. The summed E-state index contributed by atoms with van der Waals surface area (Å²) in [7, 11) is 0. The van der Waals surface area contributed by atoms with Crippen LogP contribution in [0.25, 0.3) is 0 Å². The van der Waals surface area contributed by atoms with Crippen molar-refractivity contribution < 1.29 is 14.3 Å². The van der Waals surface area contributed by atoms with E-state index in [-0.39, 0.29) is 0 Å². The minimum absolute atomic E-state index is 0.389. The van der Waals surface area contributed by atoms with Crippen molar-refractivity contribution in [2.45, 2.75) is 13.3 Å². The van der Waals surface area contributed by atoms with Crippen LogP contribution in [0.4, 0.5) is 0 Å². The minimum atomic E-state index is 0.389. The van der Waals surface area contributed by atoms with E-state index < -0.39 is 0 Å². The molecule has 2 rings (SSSR count). The average Bonchev–Trinajstić information content (AvgIpc) is 2.48. The smallest absolute Gasteiger partial charge is 0.169 e. The summed E-state index contributed by atoms with van der Waals surface area (Å²) >= 11 is 6.09. The largest absolute Gasteiger partial charge is 0.490 e. The average molecular weight is 291 g/mol. The Morgan fingerprint density at radius 3 is 2.50 bits per heavy atom. The lowest BCUT2D eigenvalue weighted by molar-refractivity contribution is 0.112. The second-order valence-electron chi connectivity index (χ2n) is 4.20. The predicted molar refractivity (Wildman–Crippen MR) is 79.1 cm³/mol. The van der Waals surface area contributed by atoms with Crippen molar-refractivity contribution in [1.82, 2.24) is 0 Å². The molecule has 3 nitrogen and oxygen atoms in total. The van der Waals surface area contributed by atoms with E-state index in [1.54, 1.807) is 18.2 Å². The van der Waals surface area contributed by atoms with Gasteiger partial charge >= 0.3 is 0 Å². The molecule has 0 amide bonds. The quantitative estimate of drug-likeness (QED) is 0.721. The van der Waals surface area contributed by atoms with Crippen molar-refractivity contribution in [3.63, 3.8) is 0 Å². The molecule has 0 bridgehead atoms. The molecule has 0 saturated carbocycles. The molecule has 0 aliphatic carbocycles. The van der Waals surface area contributed by atoms with Crippen molar-refractivity contribution >= 4 is 17.9 Å². The first-order valence-electron chi connectivity index (χ1n) is 6.39. The summed E-state index contributed by atoms with van der Waals surface area (Å²) in [6.45, 7) is 2.66.